The van der Waals surface area contributed by atoms with E-state index in [2.05, 4.69) is 51.8 Å². The molecule has 2 aromatic rings. The van der Waals surface area contributed by atoms with Gasteiger partial charge in [-0.25, -0.2) is 8.78 Å². The summed E-state index contributed by atoms with van der Waals surface area (Å²) in [5.74, 6) is -0.987. The van der Waals surface area contributed by atoms with Crippen LogP contribution < -0.4 is 0 Å². The minimum atomic E-state index is -0.562. The first kappa shape index (κ1) is 20.5. The van der Waals surface area contributed by atoms with Gasteiger partial charge in [0.25, 0.3) is 0 Å². The van der Waals surface area contributed by atoms with E-state index in [-0.39, 0.29) is 18.1 Å². The first-order chi connectivity index (χ1) is 12.3. The lowest BCUT2D eigenvalue weighted by Gasteiger charge is -2.29. The Balaban J connectivity index is 2.17. The molecule has 0 fully saturated rings. The Morgan fingerprint density at radius 3 is 2.04 bits per heavy atom. The van der Waals surface area contributed by atoms with Crippen molar-refractivity contribution in [2.45, 2.75) is 46.3 Å². The molecule has 4 heteroatoms. The second-order valence-electron chi connectivity index (χ2n) is 7.25. The highest BCUT2D eigenvalue weighted by Crippen LogP contribution is 2.26. The smallest absolute Gasteiger partial charge is 0.131 e. The molecule has 0 spiro atoms. The van der Waals surface area contributed by atoms with Crippen LogP contribution in [0.3, 0.4) is 0 Å². The third kappa shape index (κ3) is 5.12. The summed E-state index contributed by atoms with van der Waals surface area (Å²) in [6.07, 6.45) is 0. The van der Waals surface area contributed by atoms with Crippen molar-refractivity contribution < 1.29 is 13.5 Å². The topological polar surface area (TPSA) is 12.5 Å². The zero-order valence-corrected chi connectivity index (χ0v) is 16.4. The zero-order valence-electron chi connectivity index (χ0n) is 16.4. The van der Waals surface area contributed by atoms with Gasteiger partial charge >= 0.3 is 0 Å². The Bertz CT molecular complexity index is 690. The standard InChI is InChI=1S/C22H29F2NO/c1-15(2)25(5)12-18(22-16(3)8-6-9-17(22)4)13-26-14-19-20(23)10-7-11-21(19)24/h6-11,15,18H,12-14H2,1-5H3. The van der Waals surface area contributed by atoms with Crippen LogP contribution in [0.25, 0.3) is 0 Å². The molecule has 1 atom stereocenters. The molecule has 0 N–H and O–H groups in total. The van der Waals surface area contributed by atoms with Crippen molar-refractivity contribution in [2.24, 2.45) is 0 Å². The van der Waals surface area contributed by atoms with Gasteiger partial charge in [0.2, 0.25) is 0 Å². The average Bonchev–Trinajstić information content (AvgIpc) is 2.56. The zero-order chi connectivity index (χ0) is 19.3. The lowest BCUT2D eigenvalue weighted by atomic mass is 9.90. The minimum Gasteiger partial charge on any atom is -0.376 e. The number of aryl methyl sites for hydroxylation is 2. The summed E-state index contributed by atoms with van der Waals surface area (Å²) in [5.41, 5.74) is 3.68. The van der Waals surface area contributed by atoms with Crippen LogP contribution in [0.4, 0.5) is 8.78 Å². The molecule has 0 aromatic heterocycles. The van der Waals surface area contributed by atoms with Crippen LogP contribution in [0.5, 0.6) is 0 Å². The summed E-state index contributed by atoms with van der Waals surface area (Å²) in [6.45, 7) is 9.67. The fourth-order valence-electron chi connectivity index (χ4n) is 3.23. The van der Waals surface area contributed by atoms with Crippen molar-refractivity contribution in [3.63, 3.8) is 0 Å². The molecule has 0 amide bonds. The Morgan fingerprint density at radius 1 is 0.962 bits per heavy atom. The third-order valence-electron chi connectivity index (χ3n) is 4.97. The number of halogens is 2. The molecule has 0 saturated heterocycles. The molecule has 0 saturated carbocycles. The predicted octanol–water partition coefficient (Wildman–Crippen LogP) is 5.22. The fraction of sp³-hybridized carbons (Fsp3) is 0.455. The summed E-state index contributed by atoms with van der Waals surface area (Å²) in [7, 11) is 2.09. The van der Waals surface area contributed by atoms with Crippen molar-refractivity contribution >= 4 is 0 Å². The van der Waals surface area contributed by atoms with Gasteiger partial charge in [0.1, 0.15) is 11.6 Å². The van der Waals surface area contributed by atoms with E-state index >= 15 is 0 Å². The van der Waals surface area contributed by atoms with Crippen molar-refractivity contribution in [3.8, 4) is 0 Å². The van der Waals surface area contributed by atoms with E-state index in [9.17, 15) is 8.78 Å². The first-order valence-corrected chi connectivity index (χ1v) is 9.08. The van der Waals surface area contributed by atoms with Gasteiger partial charge in [-0.2, -0.15) is 0 Å². The maximum Gasteiger partial charge on any atom is 0.131 e. The Hall–Kier alpha value is -1.78. The van der Waals surface area contributed by atoms with Gasteiger partial charge in [0.15, 0.2) is 0 Å². The maximum absolute atomic E-state index is 13.8. The van der Waals surface area contributed by atoms with E-state index in [0.29, 0.717) is 12.6 Å². The quantitative estimate of drug-likeness (QED) is 0.639. The molecule has 26 heavy (non-hydrogen) atoms. The highest BCUT2D eigenvalue weighted by molar-refractivity contribution is 5.37. The van der Waals surface area contributed by atoms with Crippen LogP contribution in [0.2, 0.25) is 0 Å². The summed E-state index contributed by atoms with van der Waals surface area (Å²) in [4.78, 5) is 2.27. The molecule has 0 aliphatic rings. The second-order valence-corrected chi connectivity index (χ2v) is 7.25. The van der Waals surface area contributed by atoms with E-state index in [4.69, 9.17) is 4.74 Å². The van der Waals surface area contributed by atoms with E-state index in [1.165, 1.54) is 34.9 Å². The molecule has 2 nitrogen and oxygen atoms in total. The van der Waals surface area contributed by atoms with Gasteiger partial charge in [0.05, 0.1) is 13.2 Å². The van der Waals surface area contributed by atoms with E-state index in [1.54, 1.807) is 0 Å². The summed E-state index contributed by atoms with van der Waals surface area (Å²) < 4.78 is 33.4. The molecule has 142 valence electrons. The Kier molecular flexibility index (Phi) is 7.30. The summed E-state index contributed by atoms with van der Waals surface area (Å²) in [6, 6.07) is 10.5. The highest BCUT2D eigenvalue weighted by Gasteiger charge is 2.20. The van der Waals surface area contributed by atoms with Gasteiger partial charge in [0, 0.05) is 24.1 Å². The van der Waals surface area contributed by atoms with Crippen LogP contribution in [-0.4, -0.2) is 31.1 Å². The number of nitrogens with zero attached hydrogens (tertiary/aromatic N) is 1. The summed E-state index contributed by atoms with van der Waals surface area (Å²) >= 11 is 0. The van der Waals surface area contributed by atoms with Gasteiger partial charge in [-0.3, -0.25) is 0 Å². The Labute approximate surface area is 155 Å². The van der Waals surface area contributed by atoms with Crippen LogP contribution in [-0.2, 0) is 11.3 Å². The predicted molar refractivity (Wildman–Crippen MR) is 102 cm³/mol. The van der Waals surface area contributed by atoms with Crippen LogP contribution in [0, 0.1) is 25.5 Å². The molecule has 1 unspecified atom stereocenters. The number of ether oxygens (including phenoxy) is 1. The van der Waals surface area contributed by atoms with E-state index < -0.39 is 11.6 Å². The van der Waals surface area contributed by atoms with Gasteiger partial charge in [-0.15, -0.1) is 0 Å². The Morgan fingerprint density at radius 2 is 1.50 bits per heavy atom. The number of hydrogen-bond acceptors (Lipinski definition) is 2. The van der Waals surface area contributed by atoms with Crippen molar-refractivity contribution in [1.29, 1.82) is 0 Å². The van der Waals surface area contributed by atoms with Crippen LogP contribution >= 0.6 is 0 Å². The normalized spacial score (nSPS) is 12.8. The second kappa shape index (κ2) is 9.24. The number of rotatable bonds is 8. The molecule has 0 heterocycles. The molecule has 2 rings (SSSR count). The SMILES string of the molecule is Cc1cccc(C)c1C(COCc1c(F)cccc1F)CN(C)C(C)C. The molecule has 0 radical (unpaired) electrons. The van der Waals surface area contributed by atoms with E-state index in [0.717, 1.165) is 6.54 Å². The molecule has 0 aliphatic heterocycles. The molecule has 2 aromatic carbocycles. The number of benzene rings is 2. The van der Waals surface area contributed by atoms with Gasteiger partial charge in [-0.1, -0.05) is 24.3 Å². The highest BCUT2D eigenvalue weighted by atomic mass is 19.1. The van der Waals surface area contributed by atoms with E-state index in [1.807, 2.05) is 6.07 Å². The third-order valence-corrected chi connectivity index (χ3v) is 4.97. The summed E-state index contributed by atoms with van der Waals surface area (Å²) in [5, 5.41) is 0. The maximum atomic E-state index is 13.8. The monoisotopic (exact) mass is 361 g/mol. The minimum absolute atomic E-state index is 0.00929. The lowest BCUT2D eigenvalue weighted by Crippen LogP contribution is -2.33. The lowest BCUT2D eigenvalue weighted by molar-refractivity contribution is 0.0894. The molecule has 0 aliphatic carbocycles. The van der Waals surface area contributed by atoms with Gasteiger partial charge < -0.3 is 9.64 Å². The van der Waals surface area contributed by atoms with Gasteiger partial charge in [-0.05, 0) is 63.6 Å². The first-order valence-electron chi connectivity index (χ1n) is 9.08. The number of hydrogen-bond donors (Lipinski definition) is 0. The van der Waals surface area contributed by atoms with Crippen molar-refractivity contribution in [3.05, 3.63) is 70.3 Å². The van der Waals surface area contributed by atoms with Crippen molar-refractivity contribution in [2.75, 3.05) is 20.2 Å². The molecular weight excluding hydrogens is 332 g/mol. The number of likely N-dealkylation sites (N-methyl/N-ethyl adjacent to an activating group) is 1. The van der Waals surface area contributed by atoms with Crippen LogP contribution in [0.15, 0.2) is 36.4 Å². The molecular formula is C22H29F2NO. The van der Waals surface area contributed by atoms with Crippen molar-refractivity contribution in [1.82, 2.24) is 4.90 Å². The molecule has 0 bridgehead atoms. The largest absolute Gasteiger partial charge is 0.376 e. The fourth-order valence-corrected chi connectivity index (χ4v) is 3.23. The average molecular weight is 361 g/mol. The van der Waals surface area contributed by atoms with Crippen LogP contribution in [0.1, 0.15) is 42.0 Å².